The number of aliphatic imine (C=N–C) groups is 1. The van der Waals surface area contributed by atoms with Crippen molar-refractivity contribution in [2.24, 2.45) is 12.0 Å². The lowest BCUT2D eigenvalue weighted by molar-refractivity contribution is 0.683. The van der Waals surface area contributed by atoms with Crippen LogP contribution in [0.3, 0.4) is 0 Å². The van der Waals surface area contributed by atoms with Crippen molar-refractivity contribution < 1.29 is 0 Å². The molecule has 0 saturated heterocycles. The molecule has 0 bridgehead atoms. The summed E-state index contributed by atoms with van der Waals surface area (Å²) < 4.78 is 1.83. The van der Waals surface area contributed by atoms with E-state index < -0.39 is 0 Å². The Balaban J connectivity index is 1.85. The molecule has 106 valence electrons. The molecular formula is C13H19N7. The first-order chi connectivity index (χ1) is 9.69. The average molecular weight is 273 g/mol. The Labute approximate surface area is 118 Å². The molecule has 0 aliphatic heterocycles. The summed E-state index contributed by atoms with van der Waals surface area (Å²) in [5, 5.41) is 10.6. The van der Waals surface area contributed by atoms with Crippen LogP contribution in [-0.4, -0.2) is 32.8 Å². The van der Waals surface area contributed by atoms with Crippen LogP contribution < -0.4 is 10.6 Å². The minimum atomic E-state index is 0.606. The molecule has 0 aliphatic carbocycles. The molecule has 2 N–H and O–H groups in total. The lowest BCUT2D eigenvalue weighted by Crippen LogP contribution is -2.37. The topological polar surface area (TPSA) is 80.0 Å². The summed E-state index contributed by atoms with van der Waals surface area (Å²) in [5.74, 6) is 1.49. The predicted molar refractivity (Wildman–Crippen MR) is 77.0 cm³/mol. The molecule has 2 heterocycles. The highest BCUT2D eigenvalue weighted by atomic mass is 15.3. The number of hydrogen-bond acceptors (Lipinski definition) is 4. The van der Waals surface area contributed by atoms with E-state index in [4.69, 9.17) is 0 Å². The number of hydrogen-bond donors (Lipinski definition) is 2. The minimum absolute atomic E-state index is 0.606. The van der Waals surface area contributed by atoms with Gasteiger partial charge in [-0.05, 0) is 19.1 Å². The van der Waals surface area contributed by atoms with E-state index in [2.05, 4.69) is 30.7 Å². The Morgan fingerprint density at radius 1 is 1.25 bits per heavy atom. The molecule has 0 aromatic carbocycles. The van der Waals surface area contributed by atoms with Gasteiger partial charge in [-0.2, -0.15) is 5.10 Å². The molecule has 0 aliphatic rings. The zero-order valence-electron chi connectivity index (χ0n) is 12.0. The van der Waals surface area contributed by atoms with Crippen molar-refractivity contribution in [1.82, 2.24) is 30.4 Å². The first kappa shape index (κ1) is 14.0. The van der Waals surface area contributed by atoms with Crippen LogP contribution in [0.5, 0.6) is 0 Å². The number of aromatic nitrogens is 4. The van der Waals surface area contributed by atoms with E-state index in [0.29, 0.717) is 13.1 Å². The number of nitrogens with one attached hydrogen (secondary N) is 2. The standard InChI is InChI=1S/C13H19N7/c1-10-15-6-4-11(19-10)8-16-13(14-2)17-9-12-5-7-18-20(12)3/h4-7H,8-9H2,1-3H3,(H2,14,16,17). The van der Waals surface area contributed by atoms with Crippen molar-refractivity contribution in [3.8, 4) is 0 Å². The summed E-state index contributed by atoms with van der Waals surface area (Å²) in [5.41, 5.74) is 2.02. The van der Waals surface area contributed by atoms with Crippen LogP contribution in [-0.2, 0) is 20.1 Å². The molecule has 7 heteroatoms. The Bertz CT molecular complexity index is 588. The third-order valence-corrected chi connectivity index (χ3v) is 2.85. The molecule has 2 rings (SSSR count). The van der Waals surface area contributed by atoms with Crippen LogP contribution in [0.15, 0.2) is 29.5 Å². The van der Waals surface area contributed by atoms with E-state index in [1.54, 1.807) is 19.4 Å². The average Bonchev–Trinajstić information content (AvgIpc) is 2.85. The SMILES string of the molecule is CN=C(NCc1ccnc(C)n1)NCc1ccnn1C. The second kappa shape index (κ2) is 6.65. The van der Waals surface area contributed by atoms with Crippen molar-refractivity contribution in [2.45, 2.75) is 20.0 Å². The van der Waals surface area contributed by atoms with E-state index in [1.807, 2.05) is 30.8 Å². The van der Waals surface area contributed by atoms with Crippen molar-refractivity contribution in [3.05, 3.63) is 41.7 Å². The van der Waals surface area contributed by atoms with Crippen LogP contribution in [0.2, 0.25) is 0 Å². The zero-order chi connectivity index (χ0) is 14.4. The summed E-state index contributed by atoms with van der Waals surface area (Å²) in [4.78, 5) is 12.6. The van der Waals surface area contributed by atoms with Gasteiger partial charge >= 0.3 is 0 Å². The van der Waals surface area contributed by atoms with Crippen molar-refractivity contribution >= 4 is 5.96 Å². The quantitative estimate of drug-likeness (QED) is 0.622. The monoisotopic (exact) mass is 273 g/mol. The molecule has 0 spiro atoms. The van der Waals surface area contributed by atoms with Gasteiger partial charge in [0.1, 0.15) is 5.82 Å². The molecule has 2 aromatic rings. The van der Waals surface area contributed by atoms with Gasteiger partial charge < -0.3 is 10.6 Å². The maximum Gasteiger partial charge on any atom is 0.191 e. The molecule has 0 atom stereocenters. The van der Waals surface area contributed by atoms with Crippen LogP contribution in [0.1, 0.15) is 17.2 Å². The lowest BCUT2D eigenvalue weighted by Gasteiger charge is -2.11. The minimum Gasteiger partial charge on any atom is -0.351 e. The highest BCUT2D eigenvalue weighted by Crippen LogP contribution is 1.96. The van der Waals surface area contributed by atoms with Crippen molar-refractivity contribution in [2.75, 3.05) is 7.05 Å². The van der Waals surface area contributed by atoms with E-state index in [-0.39, 0.29) is 0 Å². The maximum absolute atomic E-state index is 4.33. The van der Waals surface area contributed by atoms with Gasteiger partial charge in [-0.1, -0.05) is 0 Å². The Morgan fingerprint density at radius 2 is 2.05 bits per heavy atom. The lowest BCUT2D eigenvalue weighted by atomic mass is 10.4. The van der Waals surface area contributed by atoms with E-state index >= 15 is 0 Å². The number of rotatable bonds is 4. The Morgan fingerprint density at radius 3 is 2.70 bits per heavy atom. The smallest absolute Gasteiger partial charge is 0.191 e. The molecule has 0 saturated carbocycles. The van der Waals surface area contributed by atoms with Crippen molar-refractivity contribution in [1.29, 1.82) is 0 Å². The summed E-state index contributed by atoms with van der Waals surface area (Å²) in [6.07, 6.45) is 3.53. The van der Waals surface area contributed by atoms with Gasteiger partial charge in [0.2, 0.25) is 0 Å². The van der Waals surface area contributed by atoms with E-state index in [1.165, 1.54) is 0 Å². The molecule has 20 heavy (non-hydrogen) atoms. The molecule has 2 aromatic heterocycles. The first-order valence-electron chi connectivity index (χ1n) is 6.39. The molecule has 0 amide bonds. The zero-order valence-corrected chi connectivity index (χ0v) is 12.0. The van der Waals surface area contributed by atoms with Gasteiger partial charge in [0, 0.05) is 26.5 Å². The fourth-order valence-corrected chi connectivity index (χ4v) is 1.75. The summed E-state index contributed by atoms with van der Waals surface area (Å²) in [7, 11) is 3.65. The Hall–Kier alpha value is -2.44. The molecule has 0 fully saturated rings. The summed E-state index contributed by atoms with van der Waals surface area (Å²) >= 11 is 0. The van der Waals surface area contributed by atoms with Crippen molar-refractivity contribution in [3.63, 3.8) is 0 Å². The second-order valence-electron chi connectivity index (χ2n) is 4.32. The van der Waals surface area contributed by atoms with E-state index in [0.717, 1.165) is 23.2 Å². The third kappa shape index (κ3) is 3.78. The third-order valence-electron chi connectivity index (χ3n) is 2.85. The summed E-state index contributed by atoms with van der Waals surface area (Å²) in [6, 6.07) is 3.85. The fraction of sp³-hybridized carbons (Fsp3) is 0.385. The normalized spacial score (nSPS) is 11.4. The summed E-state index contributed by atoms with van der Waals surface area (Å²) in [6.45, 7) is 3.15. The Kier molecular flexibility index (Phi) is 4.65. The van der Waals surface area contributed by atoms with Crippen LogP contribution in [0, 0.1) is 6.92 Å². The fourth-order valence-electron chi connectivity index (χ4n) is 1.75. The second-order valence-corrected chi connectivity index (χ2v) is 4.32. The molecular weight excluding hydrogens is 254 g/mol. The number of aryl methyl sites for hydroxylation is 2. The molecule has 7 nitrogen and oxygen atoms in total. The van der Waals surface area contributed by atoms with Gasteiger partial charge in [-0.15, -0.1) is 0 Å². The van der Waals surface area contributed by atoms with Gasteiger partial charge in [-0.3, -0.25) is 9.67 Å². The molecule has 0 radical (unpaired) electrons. The first-order valence-corrected chi connectivity index (χ1v) is 6.39. The van der Waals surface area contributed by atoms with Gasteiger partial charge in [0.25, 0.3) is 0 Å². The van der Waals surface area contributed by atoms with Gasteiger partial charge in [-0.25, -0.2) is 9.97 Å². The number of guanidine groups is 1. The van der Waals surface area contributed by atoms with E-state index in [9.17, 15) is 0 Å². The highest BCUT2D eigenvalue weighted by molar-refractivity contribution is 5.79. The highest BCUT2D eigenvalue weighted by Gasteiger charge is 2.02. The van der Waals surface area contributed by atoms with Crippen LogP contribution in [0.25, 0.3) is 0 Å². The van der Waals surface area contributed by atoms with Crippen LogP contribution in [0.4, 0.5) is 0 Å². The maximum atomic E-state index is 4.33. The number of nitrogens with zero attached hydrogens (tertiary/aromatic N) is 5. The largest absolute Gasteiger partial charge is 0.351 e. The predicted octanol–water partition coefficient (Wildman–Crippen LogP) is 0.384. The van der Waals surface area contributed by atoms with Crippen LogP contribution >= 0.6 is 0 Å². The van der Waals surface area contributed by atoms with Gasteiger partial charge in [0.15, 0.2) is 5.96 Å². The van der Waals surface area contributed by atoms with Gasteiger partial charge in [0.05, 0.1) is 24.5 Å². The molecule has 0 unspecified atom stereocenters.